The highest BCUT2D eigenvalue weighted by Gasteiger charge is 2.02. The fourth-order valence-electron chi connectivity index (χ4n) is 1.37. The zero-order valence-electron chi connectivity index (χ0n) is 7.87. The molecule has 0 aromatic heterocycles. The molecule has 76 valence electrons. The van der Waals surface area contributed by atoms with E-state index < -0.39 is 0 Å². The molecule has 0 aliphatic heterocycles. The van der Waals surface area contributed by atoms with Gasteiger partial charge in [-0.15, -0.1) is 0 Å². The number of benzene rings is 2. The van der Waals surface area contributed by atoms with Crippen molar-refractivity contribution in [2.24, 2.45) is 0 Å². The minimum absolute atomic E-state index is 0.175. The van der Waals surface area contributed by atoms with Crippen molar-refractivity contribution in [1.82, 2.24) is 0 Å². The van der Waals surface area contributed by atoms with Crippen LogP contribution in [0.15, 0.2) is 46.9 Å². The fourth-order valence-corrected chi connectivity index (χ4v) is 1.77. The molecule has 0 radical (unpaired) electrons. The Hall–Kier alpha value is -1.35. The van der Waals surface area contributed by atoms with E-state index in [0.29, 0.717) is 0 Å². The summed E-state index contributed by atoms with van der Waals surface area (Å²) in [6, 6.07) is 12.5. The number of nitrogens with two attached hydrogens (primary N) is 1. The van der Waals surface area contributed by atoms with Crippen LogP contribution in [0.1, 0.15) is 0 Å². The summed E-state index contributed by atoms with van der Waals surface area (Å²) in [6.45, 7) is 0. The zero-order valence-corrected chi connectivity index (χ0v) is 9.46. The second-order valence-corrected chi connectivity index (χ2v) is 4.16. The smallest absolute Gasteiger partial charge is 0.146 e. The van der Waals surface area contributed by atoms with Gasteiger partial charge in [-0.3, -0.25) is 0 Å². The average Bonchev–Trinajstić information content (AvgIpc) is 2.22. The predicted octanol–water partition coefficient (Wildman–Crippen LogP) is 3.84. The quantitative estimate of drug-likeness (QED) is 0.780. The first-order chi connectivity index (χ1) is 7.16. The van der Waals surface area contributed by atoms with Crippen LogP contribution in [0.2, 0.25) is 0 Å². The first-order valence-corrected chi connectivity index (χ1v) is 5.27. The molecule has 15 heavy (non-hydrogen) atoms. The first-order valence-electron chi connectivity index (χ1n) is 4.48. The standard InChI is InChI=1S/C12H9BrFN/c13-10-3-1-2-8(6-10)9-4-5-12(15)11(14)7-9/h1-7H,15H2. The van der Waals surface area contributed by atoms with Gasteiger partial charge in [0.05, 0.1) is 5.69 Å². The maximum atomic E-state index is 13.2. The van der Waals surface area contributed by atoms with E-state index in [1.807, 2.05) is 24.3 Å². The highest BCUT2D eigenvalue weighted by molar-refractivity contribution is 9.10. The molecule has 1 nitrogen and oxygen atoms in total. The van der Waals surface area contributed by atoms with E-state index in [0.717, 1.165) is 15.6 Å². The van der Waals surface area contributed by atoms with Crippen LogP contribution in [0, 0.1) is 5.82 Å². The van der Waals surface area contributed by atoms with Crippen LogP contribution < -0.4 is 5.73 Å². The van der Waals surface area contributed by atoms with Gasteiger partial charge in [-0.2, -0.15) is 0 Å². The number of rotatable bonds is 1. The maximum absolute atomic E-state index is 13.2. The van der Waals surface area contributed by atoms with Crippen LogP contribution in [0.4, 0.5) is 10.1 Å². The van der Waals surface area contributed by atoms with Crippen molar-refractivity contribution in [3.8, 4) is 11.1 Å². The van der Waals surface area contributed by atoms with Gasteiger partial charge in [-0.05, 0) is 35.4 Å². The molecule has 0 atom stereocenters. The van der Waals surface area contributed by atoms with Crippen molar-refractivity contribution >= 4 is 21.6 Å². The topological polar surface area (TPSA) is 26.0 Å². The van der Waals surface area contributed by atoms with E-state index in [1.165, 1.54) is 6.07 Å². The van der Waals surface area contributed by atoms with E-state index in [2.05, 4.69) is 15.9 Å². The Labute approximate surface area is 95.9 Å². The summed E-state index contributed by atoms with van der Waals surface area (Å²) in [5, 5.41) is 0. The van der Waals surface area contributed by atoms with E-state index in [4.69, 9.17) is 5.73 Å². The lowest BCUT2D eigenvalue weighted by Gasteiger charge is -2.03. The van der Waals surface area contributed by atoms with E-state index in [9.17, 15) is 4.39 Å². The maximum Gasteiger partial charge on any atom is 0.146 e. The second-order valence-electron chi connectivity index (χ2n) is 3.25. The van der Waals surface area contributed by atoms with Gasteiger partial charge in [0.1, 0.15) is 5.82 Å². The molecule has 2 N–H and O–H groups in total. The molecule has 0 amide bonds. The van der Waals surface area contributed by atoms with Crippen LogP contribution in [0.3, 0.4) is 0 Å². The second kappa shape index (κ2) is 4.03. The van der Waals surface area contributed by atoms with Gasteiger partial charge in [0.25, 0.3) is 0 Å². The molecule has 3 heteroatoms. The van der Waals surface area contributed by atoms with Gasteiger partial charge in [-0.1, -0.05) is 34.1 Å². The van der Waals surface area contributed by atoms with Crippen LogP contribution in [-0.2, 0) is 0 Å². The van der Waals surface area contributed by atoms with Gasteiger partial charge in [0.2, 0.25) is 0 Å². The zero-order chi connectivity index (χ0) is 10.8. The molecule has 2 aromatic rings. The van der Waals surface area contributed by atoms with E-state index >= 15 is 0 Å². The van der Waals surface area contributed by atoms with Crippen molar-refractivity contribution in [1.29, 1.82) is 0 Å². The largest absolute Gasteiger partial charge is 0.396 e. The third kappa shape index (κ3) is 2.18. The average molecular weight is 266 g/mol. The molecule has 0 aliphatic rings. The predicted molar refractivity (Wildman–Crippen MR) is 63.9 cm³/mol. The van der Waals surface area contributed by atoms with Gasteiger partial charge in [0.15, 0.2) is 0 Å². The Bertz CT molecular complexity index is 497. The number of nitrogen functional groups attached to an aromatic ring is 1. The SMILES string of the molecule is Nc1ccc(-c2cccc(Br)c2)cc1F. The Morgan fingerprint density at radius 2 is 1.73 bits per heavy atom. The number of anilines is 1. The molecule has 2 aromatic carbocycles. The van der Waals surface area contributed by atoms with Crippen LogP contribution in [-0.4, -0.2) is 0 Å². The van der Waals surface area contributed by atoms with Crippen molar-refractivity contribution < 1.29 is 4.39 Å². The molecule has 0 unspecified atom stereocenters. The fraction of sp³-hybridized carbons (Fsp3) is 0. The molecule has 0 heterocycles. The summed E-state index contributed by atoms with van der Waals surface area (Å²) >= 11 is 3.37. The molecule has 2 rings (SSSR count). The van der Waals surface area contributed by atoms with Crippen LogP contribution in [0.25, 0.3) is 11.1 Å². The number of hydrogen-bond acceptors (Lipinski definition) is 1. The summed E-state index contributed by atoms with van der Waals surface area (Å²) in [6.07, 6.45) is 0. The summed E-state index contributed by atoms with van der Waals surface area (Å²) in [7, 11) is 0. The molecule has 0 fully saturated rings. The monoisotopic (exact) mass is 265 g/mol. The Morgan fingerprint density at radius 3 is 2.40 bits per heavy atom. The Kier molecular flexibility index (Phi) is 2.73. The van der Waals surface area contributed by atoms with Gasteiger partial charge in [0, 0.05) is 4.47 Å². The van der Waals surface area contributed by atoms with Crippen molar-refractivity contribution in [2.75, 3.05) is 5.73 Å². The lowest BCUT2D eigenvalue weighted by Crippen LogP contribution is -1.90. The Balaban J connectivity index is 2.50. The lowest BCUT2D eigenvalue weighted by molar-refractivity contribution is 0.633. The van der Waals surface area contributed by atoms with Crippen molar-refractivity contribution in [2.45, 2.75) is 0 Å². The highest BCUT2D eigenvalue weighted by Crippen LogP contribution is 2.25. The summed E-state index contributed by atoms with van der Waals surface area (Å²) in [4.78, 5) is 0. The van der Waals surface area contributed by atoms with Crippen LogP contribution >= 0.6 is 15.9 Å². The summed E-state index contributed by atoms with van der Waals surface area (Å²) in [5.41, 5.74) is 7.37. The van der Waals surface area contributed by atoms with Gasteiger partial charge in [-0.25, -0.2) is 4.39 Å². The normalized spacial score (nSPS) is 10.3. The Morgan fingerprint density at radius 1 is 1.00 bits per heavy atom. The number of halogens is 2. The minimum Gasteiger partial charge on any atom is -0.396 e. The summed E-state index contributed by atoms with van der Waals surface area (Å²) < 4.78 is 14.2. The highest BCUT2D eigenvalue weighted by atomic mass is 79.9. The molecule has 0 bridgehead atoms. The van der Waals surface area contributed by atoms with Crippen molar-refractivity contribution in [3.05, 3.63) is 52.8 Å². The lowest BCUT2D eigenvalue weighted by atomic mass is 10.1. The molecule has 0 aliphatic carbocycles. The molecule has 0 saturated heterocycles. The minimum atomic E-state index is -0.382. The number of hydrogen-bond donors (Lipinski definition) is 1. The molecular weight excluding hydrogens is 257 g/mol. The van der Waals surface area contributed by atoms with Crippen molar-refractivity contribution in [3.63, 3.8) is 0 Å². The third-order valence-electron chi connectivity index (χ3n) is 2.16. The molecule has 0 spiro atoms. The first kappa shape index (κ1) is 10.2. The summed E-state index contributed by atoms with van der Waals surface area (Å²) in [5.74, 6) is -0.382. The van der Waals surface area contributed by atoms with Gasteiger partial charge >= 0.3 is 0 Å². The molecular formula is C12H9BrFN. The third-order valence-corrected chi connectivity index (χ3v) is 2.65. The van der Waals surface area contributed by atoms with E-state index in [1.54, 1.807) is 12.1 Å². The van der Waals surface area contributed by atoms with E-state index in [-0.39, 0.29) is 11.5 Å². The molecule has 0 saturated carbocycles. The van der Waals surface area contributed by atoms with Gasteiger partial charge < -0.3 is 5.73 Å². The van der Waals surface area contributed by atoms with Crippen LogP contribution in [0.5, 0.6) is 0 Å².